The van der Waals surface area contributed by atoms with Crippen molar-refractivity contribution < 1.29 is 4.79 Å². The minimum absolute atomic E-state index is 0.222. The lowest BCUT2D eigenvalue weighted by atomic mass is 10.3. The van der Waals surface area contributed by atoms with Crippen LogP contribution in [0.25, 0.3) is 0 Å². The van der Waals surface area contributed by atoms with E-state index in [9.17, 15) is 4.79 Å². The number of nitrogens with one attached hydrogen (secondary N) is 3. The number of carbonyl (C=O) groups excluding carboxylic acids is 1. The van der Waals surface area contributed by atoms with E-state index in [4.69, 9.17) is 5.73 Å². The van der Waals surface area contributed by atoms with Crippen LogP contribution in [0.4, 0.5) is 0 Å². The zero-order chi connectivity index (χ0) is 11.4. The molecule has 0 radical (unpaired) electrons. The SMILES string of the molecule is CCNCCNCCNCCCC(N)=O. The van der Waals surface area contributed by atoms with Gasteiger partial charge in [-0.05, 0) is 19.5 Å². The summed E-state index contributed by atoms with van der Waals surface area (Å²) in [6, 6.07) is 0. The van der Waals surface area contributed by atoms with Crippen LogP contribution in [0.5, 0.6) is 0 Å². The highest BCUT2D eigenvalue weighted by Crippen LogP contribution is 1.83. The van der Waals surface area contributed by atoms with Gasteiger partial charge in [-0.25, -0.2) is 0 Å². The summed E-state index contributed by atoms with van der Waals surface area (Å²) in [4.78, 5) is 10.4. The smallest absolute Gasteiger partial charge is 0.217 e. The van der Waals surface area contributed by atoms with Crippen molar-refractivity contribution in [1.29, 1.82) is 0 Å². The highest BCUT2D eigenvalue weighted by molar-refractivity contribution is 5.73. The lowest BCUT2D eigenvalue weighted by molar-refractivity contribution is -0.118. The second-order valence-electron chi connectivity index (χ2n) is 3.42. The second-order valence-corrected chi connectivity index (χ2v) is 3.42. The Morgan fingerprint density at radius 3 is 2.07 bits per heavy atom. The van der Waals surface area contributed by atoms with Gasteiger partial charge in [0.05, 0.1) is 0 Å². The van der Waals surface area contributed by atoms with E-state index in [0.29, 0.717) is 6.42 Å². The zero-order valence-electron chi connectivity index (χ0n) is 9.64. The molecule has 0 aromatic rings. The predicted molar refractivity (Wildman–Crippen MR) is 62.7 cm³/mol. The fourth-order valence-corrected chi connectivity index (χ4v) is 1.17. The van der Waals surface area contributed by atoms with E-state index < -0.39 is 0 Å². The average Bonchev–Trinajstić information content (AvgIpc) is 2.20. The first-order valence-electron chi connectivity index (χ1n) is 5.67. The molecule has 0 aliphatic rings. The maximum atomic E-state index is 10.4. The number of carbonyl (C=O) groups is 1. The molecule has 0 rings (SSSR count). The molecule has 0 aromatic heterocycles. The summed E-state index contributed by atoms with van der Waals surface area (Å²) in [5.41, 5.74) is 5.02. The number of nitrogens with two attached hydrogens (primary N) is 1. The van der Waals surface area contributed by atoms with Crippen molar-refractivity contribution in [2.75, 3.05) is 39.3 Å². The molecule has 0 unspecified atom stereocenters. The maximum absolute atomic E-state index is 10.4. The minimum atomic E-state index is -0.222. The van der Waals surface area contributed by atoms with E-state index in [0.717, 1.165) is 45.7 Å². The second kappa shape index (κ2) is 11.4. The van der Waals surface area contributed by atoms with Gasteiger partial charge in [0.1, 0.15) is 0 Å². The first-order valence-corrected chi connectivity index (χ1v) is 5.67. The van der Waals surface area contributed by atoms with Crippen LogP contribution in [-0.2, 0) is 4.79 Å². The van der Waals surface area contributed by atoms with Crippen molar-refractivity contribution in [1.82, 2.24) is 16.0 Å². The Bertz CT molecular complexity index is 152. The highest BCUT2D eigenvalue weighted by atomic mass is 16.1. The van der Waals surface area contributed by atoms with Gasteiger partial charge in [-0.1, -0.05) is 6.92 Å². The maximum Gasteiger partial charge on any atom is 0.217 e. The third-order valence-corrected chi connectivity index (χ3v) is 1.98. The Labute approximate surface area is 92.2 Å². The number of hydrogen-bond acceptors (Lipinski definition) is 4. The zero-order valence-corrected chi connectivity index (χ0v) is 9.64. The Hall–Kier alpha value is -0.650. The normalized spacial score (nSPS) is 10.5. The Morgan fingerprint density at radius 2 is 1.53 bits per heavy atom. The van der Waals surface area contributed by atoms with Crippen LogP contribution in [-0.4, -0.2) is 45.2 Å². The van der Waals surface area contributed by atoms with Gasteiger partial charge in [0.15, 0.2) is 0 Å². The van der Waals surface area contributed by atoms with Crippen LogP contribution < -0.4 is 21.7 Å². The van der Waals surface area contributed by atoms with Crippen LogP contribution >= 0.6 is 0 Å². The quantitative estimate of drug-likeness (QED) is 0.335. The third-order valence-electron chi connectivity index (χ3n) is 1.98. The van der Waals surface area contributed by atoms with Crippen molar-refractivity contribution in [3.8, 4) is 0 Å². The highest BCUT2D eigenvalue weighted by Gasteiger charge is 1.93. The number of likely N-dealkylation sites (N-methyl/N-ethyl adjacent to an activating group) is 1. The van der Waals surface area contributed by atoms with Gasteiger partial charge in [0.2, 0.25) is 5.91 Å². The van der Waals surface area contributed by atoms with Crippen LogP contribution in [0.1, 0.15) is 19.8 Å². The summed E-state index contributed by atoms with van der Waals surface area (Å²) in [6.45, 7) is 7.88. The molecule has 0 aliphatic carbocycles. The van der Waals surface area contributed by atoms with Crippen molar-refractivity contribution in [2.24, 2.45) is 5.73 Å². The molecule has 5 nitrogen and oxygen atoms in total. The fourth-order valence-electron chi connectivity index (χ4n) is 1.17. The van der Waals surface area contributed by atoms with Gasteiger partial charge in [-0.3, -0.25) is 4.79 Å². The monoisotopic (exact) mass is 216 g/mol. The first-order chi connectivity index (χ1) is 7.27. The molecule has 0 saturated carbocycles. The van der Waals surface area contributed by atoms with E-state index in [1.165, 1.54) is 0 Å². The van der Waals surface area contributed by atoms with E-state index >= 15 is 0 Å². The average molecular weight is 216 g/mol. The van der Waals surface area contributed by atoms with Gasteiger partial charge in [0.25, 0.3) is 0 Å². The fraction of sp³-hybridized carbons (Fsp3) is 0.900. The van der Waals surface area contributed by atoms with E-state index in [1.54, 1.807) is 0 Å². The summed E-state index contributed by atoms with van der Waals surface area (Å²) in [5, 5.41) is 9.78. The van der Waals surface area contributed by atoms with Gasteiger partial charge in [-0.15, -0.1) is 0 Å². The minimum Gasteiger partial charge on any atom is -0.370 e. The van der Waals surface area contributed by atoms with E-state index in [2.05, 4.69) is 22.9 Å². The summed E-state index contributed by atoms with van der Waals surface area (Å²) in [7, 11) is 0. The van der Waals surface area contributed by atoms with Crippen molar-refractivity contribution >= 4 is 5.91 Å². The van der Waals surface area contributed by atoms with Gasteiger partial charge in [0, 0.05) is 32.6 Å². The standard InChI is InChI=1S/C10H24N4O/c1-2-12-6-7-14-9-8-13-5-3-4-10(11)15/h12-14H,2-9H2,1H3,(H2,11,15). The van der Waals surface area contributed by atoms with E-state index in [-0.39, 0.29) is 5.91 Å². The molecule has 0 spiro atoms. The Morgan fingerprint density at radius 1 is 1.00 bits per heavy atom. The predicted octanol–water partition coefficient (Wildman–Crippen LogP) is -0.959. The molecule has 0 atom stereocenters. The van der Waals surface area contributed by atoms with Crippen molar-refractivity contribution in [2.45, 2.75) is 19.8 Å². The first kappa shape index (κ1) is 14.3. The molecule has 15 heavy (non-hydrogen) atoms. The summed E-state index contributed by atoms with van der Waals surface area (Å²) >= 11 is 0. The summed E-state index contributed by atoms with van der Waals surface area (Å²) in [5.74, 6) is -0.222. The van der Waals surface area contributed by atoms with Crippen molar-refractivity contribution in [3.05, 3.63) is 0 Å². The molecular formula is C10H24N4O. The number of rotatable bonds is 11. The molecule has 1 amide bonds. The molecule has 5 heteroatoms. The molecule has 90 valence electrons. The molecule has 5 N–H and O–H groups in total. The van der Waals surface area contributed by atoms with Crippen LogP contribution in [0.3, 0.4) is 0 Å². The lowest BCUT2D eigenvalue weighted by Gasteiger charge is -2.06. The summed E-state index contributed by atoms with van der Waals surface area (Å²) in [6.07, 6.45) is 1.30. The third kappa shape index (κ3) is 13.3. The van der Waals surface area contributed by atoms with Crippen LogP contribution in [0.15, 0.2) is 0 Å². The Balaban J connectivity index is 2.89. The summed E-state index contributed by atoms with van der Waals surface area (Å²) < 4.78 is 0. The van der Waals surface area contributed by atoms with Gasteiger partial charge in [-0.2, -0.15) is 0 Å². The van der Waals surface area contributed by atoms with Gasteiger partial charge >= 0.3 is 0 Å². The van der Waals surface area contributed by atoms with Gasteiger partial charge < -0.3 is 21.7 Å². The molecule has 0 fully saturated rings. The van der Waals surface area contributed by atoms with Crippen LogP contribution in [0.2, 0.25) is 0 Å². The number of primary amides is 1. The number of hydrogen-bond donors (Lipinski definition) is 4. The van der Waals surface area contributed by atoms with Crippen LogP contribution in [0, 0.1) is 0 Å². The molecule has 0 aliphatic heterocycles. The molecule has 0 saturated heterocycles. The van der Waals surface area contributed by atoms with Crippen molar-refractivity contribution in [3.63, 3.8) is 0 Å². The molecule has 0 heterocycles. The lowest BCUT2D eigenvalue weighted by Crippen LogP contribution is -2.33. The van der Waals surface area contributed by atoms with E-state index in [1.807, 2.05) is 0 Å². The molecule has 0 bridgehead atoms. The Kier molecular flexibility index (Phi) is 10.9. The topological polar surface area (TPSA) is 79.2 Å². The number of amides is 1. The molecule has 0 aromatic carbocycles. The largest absolute Gasteiger partial charge is 0.370 e. The molecular weight excluding hydrogens is 192 g/mol.